The van der Waals surface area contributed by atoms with Crippen LogP contribution in [-0.2, 0) is 24.3 Å². The molecule has 29 heavy (non-hydrogen) atoms. The third-order valence-corrected chi connectivity index (χ3v) is 4.90. The van der Waals surface area contributed by atoms with Gasteiger partial charge in [0, 0.05) is 25.1 Å². The quantitative estimate of drug-likeness (QED) is 0.524. The maximum absolute atomic E-state index is 13.2. The molecule has 4 nitrogen and oxygen atoms in total. The van der Waals surface area contributed by atoms with Gasteiger partial charge in [-0.05, 0) is 29.7 Å². The molecule has 0 aliphatic heterocycles. The number of benzene rings is 3. The Kier molecular flexibility index (Phi) is 7.28. The fourth-order valence-electron chi connectivity index (χ4n) is 3.40. The van der Waals surface area contributed by atoms with Crippen LogP contribution in [0.4, 0.5) is 0 Å². The van der Waals surface area contributed by atoms with E-state index < -0.39 is 0 Å². The molecule has 0 fully saturated rings. The maximum atomic E-state index is 13.2. The van der Waals surface area contributed by atoms with E-state index in [2.05, 4.69) is 24.3 Å². The van der Waals surface area contributed by atoms with Crippen LogP contribution in [-0.4, -0.2) is 25.0 Å². The first-order valence-electron chi connectivity index (χ1n) is 9.76. The van der Waals surface area contributed by atoms with E-state index >= 15 is 0 Å². The van der Waals surface area contributed by atoms with Crippen molar-refractivity contribution in [1.29, 1.82) is 0 Å². The Morgan fingerprint density at radius 2 is 1.21 bits per heavy atom. The molecule has 3 rings (SSSR count). The zero-order valence-corrected chi connectivity index (χ0v) is 17.0. The van der Waals surface area contributed by atoms with Crippen molar-refractivity contribution in [3.63, 3.8) is 0 Å². The minimum atomic E-state index is 0.102. The van der Waals surface area contributed by atoms with Crippen molar-refractivity contribution >= 4 is 5.91 Å². The average Bonchev–Trinajstić information content (AvgIpc) is 2.78. The Morgan fingerprint density at radius 3 is 1.66 bits per heavy atom. The first-order valence-corrected chi connectivity index (χ1v) is 9.76. The molecular weight excluding hydrogens is 362 g/mol. The number of hydrogen-bond donors (Lipinski definition) is 0. The van der Waals surface area contributed by atoms with E-state index in [1.54, 1.807) is 14.2 Å². The lowest BCUT2D eigenvalue weighted by Gasteiger charge is -2.24. The Labute approximate surface area is 172 Å². The van der Waals surface area contributed by atoms with Gasteiger partial charge in [0.05, 0.1) is 14.2 Å². The first-order chi connectivity index (χ1) is 14.2. The van der Waals surface area contributed by atoms with Crippen molar-refractivity contribution in [3.05, 3.63) is 95.6 Å². The zero-order valence-electron chi connectivity index (χ0n) is 17.0. The van der Waals surface area contributed by atoms with E-state index in [0.29, 0.717) is 25.9 Å². The summed E-state index contributed by atoms with van der Waals surface area (Å²) in [5.41, 5.74) is 3.16. The summed E-state index contributed by atoms with van der Waals surface area (Å²) in [4.78, 5) is 15.1. The summed E-state index contributed by atoms with van der Waals surface area (Å²) in [7, 11) is 3.27. The minimum absolute atomic E-state index is 0.102. The molecule has 4 heteroatoms. The topological polar surface area (TPSA) is 38.8 Å². The number of methoxy groups -OCH3 is 2. The largest absolute Gasteiger partial charge is 0.496 e. The highest BCUT2D eigenvalue weighted by molar-refractivity contribution is 5.76. The Hall–Kier alpha value is -3.27. The number of nitrogens with zero attached hydrogens (tertiary/aromatic N) is 1. The van der Waals surface area contributed by atoms with Gasteiger partial charge in [0.25, 0.3) is 0 Å². The molecule has 3 aromatic carbocycles. The summed E-state index contributed by atoms with van der Waals surface area (Å²) in [6.45, 7) is 1.16. The third-order valence-electron chi connectivity index (χ3n) is 4.90. The second-order valence-electron chi connectivity index (χ2n) is 6.86. The molecular formula is C25H27NO3. The van der Waals surface area contributed by atoms with Gasteiger partial charge < -0.3 is 14.4 Å². The highest BCUT2D eigenvalue weighted by atomic mass is 16.5. The second-order valence-corrected chi connectivity index (χ2v) is 6.86. The Morgan fingerprint density at radius 1 is 0.724 bits per heavy atom. The van der Waals surface area contributed by atoms with Gasteiger partial charge in [-0.25, -0.2) is 0 Å². The van der Waals surface area contributed by atoms with Gasteiger partial charge in [0.15, 0.2) is 0 Å². The van der Waals surface area contributed by atoms with Gasteiger partial charge in [-0.2, -0.15) is 0 Å². The van der Waals surface area contributed by atoms with Gasteiger partial charge in [-0.1, -0.05) is 66.7 Å². The molecule has 0 aliphatic carbocycles. The van der Waals surface area contributed by atoms with Crippen LogP contribution < -0.4 is 9.47 Å². The normalized spacial score (nSPS) is 10.4. The van der Waals surface area contributed by atoms with E-state index in [9.17, 15) is 4.79 Å². The van der Waals surface area contributed by atoms with Crippen LogP contribution >= 0.6 is 0 Å². The molecule has 0 radical (unpaired) electrons. The highest BCUT2D eigenvalue weighted by Crippen LogP contribution is 2.29. The summed E-state index contributed by atoms with van der Waals surface area (Å²) in [6, 6.07) is 25.9. The van der Waals surface area contributed by atoms with E-state index in [1.165, 1.54) is 0 Å². The molecule has 0 spiro atoms. The SMILES string of the molecule is COc1cccc(OC)c1CCC(=O)N(Cc1ccccc1)Cc1ccccc1. The maximum Gasteiger partial charge on any atom is 0.223 e. The molecule has 0 N–H and O–H groups in total. The van der Waals surface area contributed by atoms with Crippen molar-refractivity contribution in [3.8, 4) is 11.5 Å². The van der Waals surface area contributed by atoms with E-state index in [0.717, 1.165) is 28.2 Å². The van der Waals surface area contributed by atoms with Gasteiger partial charge in [0.2, 0.25) is 5.91 Å². The smallest absolute Gasteiger partial charge is 0.223 e. The summed E-state index contributed by atoms with van der Waals surface area (Å²) < 4.78 is 10.9. The van der Waals surface area contributed by atoms with E-state index in [-0.39, 0.29) is 5.91 Å². The molecule has 0 saturated carbocycles. The predicted molar refractivity (Wildman–Crippen MR) is 115 cm³/mol. The molecule has 1 amide bonds. The number of rotatable bonds is 9. The highest BCUT2D eigenvalue weighted by Gasteiger charge is 2.17. The van der Waals surface area contributed by atoms with Crippen molar-refractivity contribution < 1.29 is 14.3 Å². The summed E-state index contributed by atoms with van der Waals surface area (Å²) in [5.74, 6) is 1.59. The predicted octanol–water partition coefficient (Wildman–Crippen LogP) is 4.87. The Bertz CT molecular complexity index is 846. The Balaban J connectivity index is 1.76. The average molecular weight is 389 g/mol. The fourth-order valence-corrected chi connectivity index (χ4v) is 3.40. The van der Waals surface area contributed by atoms with Crippen LogP contribution in [0.3, 0.4) is 0 Å². The lowest BCUT2D eigenvalue weighted by Crippen LogP contribution is -2.30. The molecule has 0 aromatic heterocycles. The van der Waals surface area contributed by atoms with Gasteiger partial charge in [-0.3, -0.25) is 4.79 Å². The number of amides is 1. The van der Waals surface area contributed by atoms with Crippen molar-refractivity contribution in [2.75, 3.05) is 14.2 Å². The molecule has 0 unspecified atom stereocenters. The summed E-state index contributed by atoms with van der Waals surface area (Å²) in [6.07, 6.45) is 0.947. The lowest BCUT2D eigenvalue weighted by molar-refractivity contribution is -0.132. The van der Waals surface area contributed by atoms with Crippen LogP contribution in [0.25, 0.3) is 0 Å². The number of ether oxygens (including phenoxy) is 2. The number of carbonyl (C=O) groups excluding carboxylic acids is 1. The molecule has 0 bridgehead atoms. The van der Waals surface area contributed by atoms with Crippen LogP contribution in [0, 0.1) is 0 Å². The fraction of sp³-hybridized carbons (Fsp3) is 0.240. The third kappa shape index (κ3) is 5.61. The molecule has 150 valence electrons. The second kappa shape index (κ2) is 10.3. The van der Waals surface area contributed by atoms with Gasteiger partial charge >= 0.3 is 0 Å². The van der Waals surface area contributed by atoms with Crippen LogP contribution in [0.1, 0.15) is 23.1 Å². The molecule has 0 atom stereocenters. The van der Waals surface area contributed by atoms with Crippen molar-refractivity contribution in [2.45, 2.75) is 25.9 Å². The van der Waals surface area contributed by atoms with Gasteiger partial charge in [0.1, 0.15) is 11.5 Å². The summed E-state index contributed by atoms with van der Waals surface area (Å²) in [5, 5.41) is 0. The number of carbonyl (C=O) groups is 1. The van der Waals surface area contributed by atoms with Crippen molar-refractivity contribution in [2.24, 2.45) is 0 Å². The summed E-state index contributed by atoms with van der Waals surface area (Å²) >= 11 is 0. The van der Waals surface area contributed by atoms with E-state index in [1.807, 2.05) is 59.5 Å². The van der Waals surface area contributed by atoms with Crippen LogP contribution in [0.5, 0.6) is 11.5 Å². The standard InChI is InChI=1S/C25H27NO3/c1-28-23-14-9-15-24(29-2)22(23)16-17-25(27)26(18-20-10-5-3-6-11-20)19-21-12-7-4-8-13-21/h3-15H,16-19H2,1-2H3. The zero-order chi connectivity index (χ0) is 20.5. The molecule has 3 aromatic rings. The van der Waals surface area contributed by atoms with Crippen LogP contribution in [0.15, 0.2) is 78.9 Å². The van der Waals surface area contributed by atoms with E-state index in [4.69, 9.17) is 9.47 Å². The van der Waals surface area contributed by atoms with Crippen molar-refractivity contribution in [1.82, 2.24) is 4.90 Å². The molecule has 0 heterocycles. The minimum Gasteiger partial charge on any atom is -0.496 e. The van der Waals surface area contributed by atoms with Crippen LogP contribution in [0.2, 0.25) is 0 Å². The lowest BCUT2D eigenvalue weighted by atomic mass is 10.1. The van der Waals surface area contributed by atoms with Gasteiger partial charge in [-0.15, -0.1) is 0 Å². The molecule has 0 saturated heterocycles. The first kappa shape index (κ1) is 20.5. The monoisotopic (exact) mass is 389 g/mol. The molecule has 0 aliphatic rings. The number of hydrogen-bond acceptors (Lipinski definition) is 3.